The first-order valence-electron chi connectivity index (χ1n) is 6.12. The summed E-state index contributed by atoms with van der Waals surface area (Å²) in [5, 5.41) is 4.26. The Morgan fingerprint density at radius 1 is 1.33 bits per heavy atom. The van der Waals surface area contributed by atoms with Crippen molar-refractivity contribution >= 4 is 17.3 Å². The number of nitrogens with one attached hydrogen (secondary N) is 1. The first kappa shape index (κ1) is 12.8. The number of hydrogen-bond donors (Lipinski definition) is 1. The molecule has 0 bridgehead atoms. The second kappa shape index (κ2) is 6.31. The fourth-order valence-electron chi connectivity index (χ4n) is 2.05. The first-order valence-corrected chi connectivity index (χ1v) is 6.52. The second-order valence-corrected chi connectivity index (χ2v) is 5.37. The molecule has 0 heterocycles. The van der Waals surface area contributed by atoms with Gasteiger partial charge in [0.25, 0.3) is 0 Å². The van der Waals surface area contributed by atoms with E-state index in [4.69, 9.17) is 12.2 Å². The summed E-state index contributed by atoms with van der Waals surface area (Å²) < 4.78 is 0. The lowest BCUT2D eigenvalue weighted by Gasteiger charge is -2.33. The summed E-state index contributed by atoms with van der Waals surface area (Å²) in [5.41, 5.74) is 0. The highest BCUT2D eigenvalue weighted by Crippen LogP contribution is 2.21. The lowest BCUT2D eigenvalue weighted by Crippen LogP contribution is -2.45. The molecule has 0 spiro atoms. The SMILES string of the molecule is CC(C)CNC(=S)N(C)C1CCCCC1. The Morgan fingerprint density at radius 3 is 2.47 bits per heavy atom. The van der Waals surface area contributed by atoms with Crippen LogP contribution in [-0.2, 0) is 0 Å². The van der Waals surface area contributed by atoms with E-state index < -0.39 is 0 Å². The molecule has 0 aliphatic heterocycles. The molecular weight excluding hydrogens is 204 g/mol. The van der Waals surface area contributed by atoms with E-state index in [2.05, 4.69) is 31.1 Å². The minimum Gasteiger partial charge on any atom is -0.362 e. The van der Waals surface area contributed by atoms with Gasteiger partial charge in [-0.05, 0) is 31.0 Å². The average molecular weight is 228 g/mol. The van der Waals surface area contributed by atoms with Gasteiger partial charge < -0.3 is 10.2 Å². The van der Waals surface area contributed by atoms with E-state index in [1.807, 2.05) is 0 Å². The molecule has 1 fully saturated rings. The van der Waals surface area contributed by atoms with E-state index >= 15 is 0 Å². The predicted molar refractivity (Wildman–Crippen MR) is 70.1 cm³/mol. The molecule has 0 aromatic rings. The van der Waals surface area contributed by atoms with E-state index in [1.54, 1.807) is 0 Å². The van der Waals surface area contributed by atoms with Gasteiger partial charge in [-0.25, -0.2) is 0 Å². The fraction of sp³-hybridized carbons (Fsp3) is 0.917. The van der Waals surface area contributed by atoms with Crippen LogP contribution in [0.4, 0.5) is 0 Å². The Kier molecular flexibility index (Phi) is 5.37. The van der Waals surface area contributed by atoms with Crippen molar-refractivity contribution in [3.63, 3.8) is 0 Å². The number of hydrogen-bond acceptors (Lipinski definition) is 1. The summed E-state index contributed by atoms with van der Waals surface area (Å²) >= 11 is 5.39. The molecule has 0 atom stereocenters. The summed E-state index contributed by atoms with van der Waals surface area (Å²) in [7, 11) is 2.13. The van der Waals surface area contributed by atoms with Crippen LogP contribution in [0.25, 0.3) is 0 Å². The quantitative estimate of drug-likeness (QED) is 0.748. The lowest BCUT2D eigenvalue weighted by molar-refractivity contribution is 0.275. The minimum absolute atomic E-state index is 0.655. The lowest BCUT2D eigenvalue weighted by atomic mass is 9.95. The summed E-state index contributed by atoms with van der Waals surface area (Å²) in [6.45, 7) is 5.39. The fourth-order valence-corrected chi connectivity index (χ4v) is 2.28. The number of thiocarbonyl (C=S) groups is 1. The zero-order valence-corrected chi connectivity index (χ0v) is 11.1. The van der Waals surface area contributed by atoms with E-state index in [0.29, 0.717) is 12.0 Å². The Morgan fingerprint density at radius 2 is 1.93 bits per heavy atom. The zero-order chi connectivity index (χ0) is 11.3. The van der Waals surface area contributed by atoms with Gasteiger partial charge >= 0.3 is 0 Å². The van der Waals surface area contributed by atoms with Crippen LogP contribution in [0.2, 0.25) is 0 Å². The van der Waals surface area contributed by atoms with Crippen molar-refractivity contribution in [3.8, 4) is 0 Å². The molecule has 0 saturated heterocycles. The summed E-state index contributed by atoms with van der Waals surface area (Å²) in [6.07, 6.45) is 6.74. The Balaban J connectivity index is 2.30. The van der Waals surface area contributed by atoms with Crippen LogP contribution in [0.15, 0.2) is 0 Å². The molecule has 1 saturated carbocycles. The van der Waals surface area contributed by atoms with Crippen molar-refractivity contribution in [2.24, 2.45) is 5.92 Å². The molecule has 1 N–H and O–H groups in total. The number of nitrogens with zero attached hydrogens (tertiary/aromatic N) is 1. The third kappa shape index (κ3) is 4.37. The van der Waals surface area contributed by atoms with E-state index in [-0.39, 0.29) is 0 Å². The second-order valence-electron chi connectivity index (χ2n) is 4.98. The molecule has 2 nitrogen and oxygen atoms in total. The molecule has 1 rings (SSSR count). The van der Waals surface area contributed by atoms with Crippen molar-refractivity contribution in [1.29, 1.82) is 0 Å². The third-order valence-electron chi connectivity index (χ3n) is 3.10. The van der Waals surface area contributed by atoms with Crippen LogP contribution >= 0.6 is 12.2 Å². The largest absolute Gasteiger partial charge is 0.362 e. The molecule has 3 heteroatoms. The summed E-state index contributed by atoms with van der Waals surface area (Å²) in [6, 6.07) is 0.672. The first-order chi connectivity index (χ1) is 7.11. The zero-order valence-electron chi connectivity index (χ0n) is 10.3. The van der Waals surface area contributed by atoms with Gasteiger partial charge in [-0.3, -0.25) is 0 Å². The third-order valence-corrected chi connectivity index (χ3v) is 3.54. The molecule has 15 heavy (non-hydrogen) atoms. The smallest absolute Gasteiger partial charge is 0.168 e. The van der Waals surface area contributed by atoms with Crippen LogP contribution in [0.5, 0.6) is 0 Å². The Labute approximate surface area is 99.4 Å². The summed E-state index contributed by atoms with van der Waals surface area (Å²) in [4.78, 5) is 2.26. The van der Waals surface area contributed by atoms with Gasteiger partial charge in [0.05, 0.1) is 0 Å². The van der Waals surface area contributed by atoms with E-state index in [9.17, 15) is 0 Å². The maximum absolute atomic E-state index is 5.39. The topological polar surface area (TPSA) is 15.3 Å². The van der Waals surface area contributed by atoms with Gasteiger partial charge in [0.15, 0.2) is 5.11 Å². The van der Waals surface area contributed by atoms with Crippen molar-refractivity contribution in [1.82, 2.24) is 10.2 Å². The van der Waals surface area contributed by atoms with Crippen molar-refractivity contribution in [2.45, 2.75) is 52.0 Å². The average Bonchev–Trinajstić information content (AvgIpc) is 2.26. The van der Waals surface area contributed by atoms with E-state index in [1.165, 1.54) is 32.1 Å². The molecule has 0 radical (unpaired) electrons. The minimum atomic E-state index is 0.655. The monoisotopic (exact) mass is 228 g/mol. The van der Waals surface area contributed by atoms with Gasteiger partial charge in [-0.1, -0.05) is 33.1 Å². The Hall–Kier alpha value is -0.310. The molecular formula is C12H24N2S. The van der Waals surface area contributed by atoms with Crippen molar-refractivity contribution in [3.05, 3.63) is 0 Å². The highest BCUT2D eigenvalue weighted by Gasteiger charge is 2.19. The molecule has 88 valence electrons. The Bertz CT molecular complexity index is 198. The van der Waals surface area contributed by atoms with E-state index in [0.717, 1.165) is 11.7 Å². The molecule has 0 amide bonds. The van der Waals surface area contributed by atoms with Crippen molar-refractivity contribution in [2.75, 3.05) is 13.6 Å². The van der Waals surface area contributed by atoms with Crippen molar-refractivity contribution < 1.29 is 0 Å². The van der Waals surface area contributed by atoms with Crippen LogP contribution in [0.3, 0.4) is 0 Å². The number of rotatable bonds is 3. The highest BCUT2D eigenvalue weighted by atomic mass is 32.1. The van der Waals surface area contributed by atoms with Gasteiger partial charge in [0.2, 0.25) is 0 Å². The standard InChI is InChI=1S/C12H24N2S/c1-10(2)9-13-12(15)14(3)11-7-5-4-6-8-11/h10-11H,4-9H2,1-3H3,(H,13,15). The maximum Gasteiger partial charge on any atom is 0.168 e. The van der Waals surface area contributed by atoms with Gasteiger partial charge in [0.1, 0.15) is 0 Å². The van der Waals surface area contributed by atoms with Gasteiger partial charge in [0, 0.05) is 19.6 Å². The van der Waals surface area contributed by atoms with Crippen LogP contribution < -0.4 is 5.32 Å². The molecule has 0 unspecified atom stereocenters. The van der Waals surface area contributed by atoms with Gasteiger partial charge in [-0.15, -0.1) is 0 Å². The molecule has 1 aliphatic rings. The molecule has 1 aliphatic carbocycles. The molecule has 0 aromatic carbocycles. The van der Waals surface area contributed by atoms with Crippen LogP contribution in [0, 0.1) is 5.92 Å². The summed E-state index contributed by atoms with van der Waals surface area (Å²) in [5.74, 6) is 0.655. The highest BCUT2D eigenvalue weighted by molar-refractivity contribution is 7.80. The molecule has 0 aromatic heterocycles. The van der Waals surface area contributed by atoms with Gasteiger partial charge in [-0.2, -0.15) is 0 Å². The normalized spacial score (nSPS) is 17.9. The maximum atomic E-state index is 5.39. The predicted octanol–water partition coefficient (Wildman–Crippen LogP) is 2.78. The van der Waals surface area contributed by atoms with Crippen LogP contribution in [-0.4, -0.2) is 29.6 Å². The van der Waals surface area contributed by atoms with Crippen LogP contribution in [0.1, 0.15) is 46.0 Å².